The van der Waals surface area contributed by atoms with Crippen molar-refractivity contribution in [1.82, 2.24) is 4.90 Å². The SMILES string of the molecule is CC1(C)CCCC(CN2CC3CCC(C2)O3)C1O. The topological polar surface area (TPSA) is 32.7 Å². The van der Waals surface area contributed by atoms with Gasteiger partial charge < -0.3 is 9.84 Å². The minimum absolute atomic E-state index is 0.105. The number of aliphatic hydroxyl groups excluding tert-OH is 1. The van der Waals surface area contributed by atoms with Gasteiger partial charge in [0.25, 0.3) is 0 Å². The largest absolute Gasteiger partial charge is 0.392 e. The molecule has 0 radical (unpaired) electrons. The molecule has 2 aliphatic heterocycles. The molecule has 0 aromatic heterocycles. The summed E-state index contributed by atoms with van der Waals surface area (Å²) in [5.74, 6) is 0.464. The first-order chi connectivity index (χ1) is 8.54. The molecule has 3 fully saturated rings. The molecule has 3 rings (SSSR count). The molecule has 0 aromatic carbocycles. The highest BCUT2D eigenvalue weighted by Crippen LogP contribution is 2.39. The molecule has 2 bridgehead atoms. The molecule has 1 saturated carbocycles. The molecule has 3 nitrogen and oxygen atoms in total. The van der Waals surface area contributed by atoms with Crippen molar-refractivity contribution in [3.05, 3.63) is 0 Å². The van der Waals surface area contributed by atoms with Crippen LogP contribution in [0.2, 0.25) is 0 Å². The lowest BCUT2D eigenvalue weighted by Crippen LogP contribution is -2.49. The van der Waals surface area contributed by atoms with E-state index >= 15 is 0 Å². The Bertz CT molecular complexity index is 293. The number of ether oxygens (including phenoxy) is 1. The van der Waals surface area contributed by atoms with E-state index in [9.17, 15) is 5.11 Å². The van der Waals surface area contributed by atoms with Gasteiger partial charge in [0.2, 0.25) is 0 Å². The molecule has 2 heterocycles. The number of aliphatic hydroxyl groups is 1. The Kier molecular flexibility index (Phi) is 3.41. The average molecular weight is 253 g/mol. The van der Waals surface area contributed by atoms with E-state index in [0.29, 0.717) is 18.1 Å². The van der Waals surface area contributed by atoms with E-state index in [1.165, 1.54) is 32.1 Å². The smallest absolute Gasteiger partial charge is 0.0707 e. The van der Waals surface area contributed by atoms with Crippen LogP contribution in [0.4, 0.5) is 0 Å². The van der Waals surface area contributed by atoms with Crippen molar-refractivity contribution in [2.24, 2.45) is 11.3 Å². The lowest BCUT2D eigenvalue weighted by molar-refractivity contribution is -0.0744. The molecule has 1 aliphatic carbocycles. The molecule has 2 saturated heterocycles. The zero-order valence-electron chi connectivity index (χ0n) is 11.8. The van der Waals surface area contributed by atoms with Crippen molar-refractivity contribution in [3.63, 3.8) is 0 Å². The van der Waals surface area contributed by atoms with Crippen LogP contribution in [-0.2, 0) is 4.74 Å². The maximum Gasteiger partial charge on any atom is 0.0707 e. The minimum atomic E-state index is -0.133. The maximum absolute atomic E-state index is 10.5. The van der Waals surface area contributed by atoms with Gasteiger partial charge in [0.1, 0.15) is 0 Å². The highest BCUT2D eigenvalue weighted by Gasteiger charge is 2.40. The van der Waals surface area contributed by atoms with Crippen molar-refractivity contribution < 1.29 is 9.84 Å². The standard InChI is InChI=1S/C15H27NO2/c1-15(2)7-3-4-11(14(15)17)8-16-9-12-5-6-13(10-16)18-12/h11-14,17H,3-10H2,1-2H3. The van der Waals surface area contributed by atoms with Crippen LogP contribution in [-0.4, -0.2) is 48.0 Å². The van der Waals surface area contributed by atoms with Crippen molar-refractivity contribution in [1.29, 1.82) is 0 Å². The van der Waals surface area contributed by atoms with E-state index in [2.05, 4.69) is 18.7 Å². The number of rotatable bonds is 2. The van der Waals surface area contributed by atoms with Crippen molar-refractivity contribution >= 4 is 0 Å². The van der Waals surface area contributed by atoms with Gasteiger partial charge in [-0.3, -0.25) is 4.90 Å². The second-order valence-electron chi connectivity index (χ2n) is 7.26. The fourth-order valence-electron chi connectivity index (χ4n) is 4.13. The van der Waals surface area contributed by atoms with E-state index in [1.807, 2.05) is 0 Å². The zero-order chi connectivity index (χ0) is 12.8. The van der Waals surface area contributed by atoms with Crippen LogP contribution < -0.4 is 0 Å². The van der Waals surface area contributed by atoms with E-state index in [4.69, 9.17) is 4.74 Å². The summed E-state index contributed by atoms with van der Waals surface area (Å²) in [7, 11) is 0. The summed E-state index contributed by atoms with van der Waals surface area (Å²) in [5.41, 5.74) is 0.105. The van der Waals surface area contributed by atoms with E-state index < -0.39 is 0 Å². The predicted octanol–water partition coefficient (Wildman–Crippen LogP) is 2.04. The van der Waals surface area contributed by atoms with E-state index in [-0.39, 0.29) is 11.5 Å². The van der Waals surface area contributed by atoms with Gasteiger partial charge >= 0.3 is 0 Å². The Balaban J connectivity index is 1.59. The molecular weight excluding hydrogens is 226 g/mol. The summed E-state index contributed by atoms with van der Waals surface area (Å²) < 4.78 is 5.88. The molecule has 0 spiro atoms. The molecule has 0 amide bonds. The predicted molar refractivity (Wildman–Crippen MR) is 71.5 cm³/mol. The first-order valence-electron chi connectivity index (χ1n) is 7.60. The van der Waals surface area contributed by atoms with Crippen molar-refractivity contribution in [2.75, 3.05) is 19.6 Å². The second kappa shape index (κ2) is 4.77. The fraction of sp³-hybridized carbons (Fsp3) is 1.00. The highest BCUT2D eigenvalue weighted by molar-refractivity contribution is 4.92. The third kappa shape index (κ3) is 2.45. The zero-order valence-corrected chi connectivity index (χ0v) is 11.8. The Morgan fingerprint density at radius 1 is 1.17 bits per heavy atom. The van der Waals surface area contributed by atoms with Crippen LogP contribution in [0.25, 0.3) is 0 Å². The monoisotopic (exact) mass is 253 g/mol. The van der Waals surface area contributed by atoms with E-state index in [1.54, 1.807) is 0 Å². The third-order valence-electron chi connectivity index (χ3n) is 5.26. The second-order valence-corrected chi connectivity index (χ2v) is 7.26. The number of fused-ring (bicyclic) bond motifs is 2. The lowest BCUT2D eigenvalue weighted by Gasteiger charge is -2.43. The van der Waals surface area contributed by atoms with Gasteiger partial charge in [-0.25, -0.2) is 0 Å². The molecule has 18 heavy (non-hydrogen) atoms. The van der Waals surface area contributed by atoms with Crippen LogP contribution in [0.3, 0.4) is 0 Å². The summed E-state index contributed by atoms with van der Waals surface area (Å²) in [6, 6.07) is 0. The minimum Gasteiger partial charge on any atom is -0.392 e. The molecule has 3 aliphatic rings. The molecule has 104 valence electrons. The summed E-state index contributed by atoms with van der Waals surface area (Å²) in [5, 5.41) is 10.5. The number of likely N-dealkylation sites (tertiary alicyclic amines) is 1. The van der Waals surface area contributed by atoms with Crippen LogP contribution in [0.1, 0.15) is 46.0 Å². The summed E-state index contributed by atoms with van der Waals surface area (Å²) in [4.78, 5) is 2.54. The molecular formula is C15H27NO2. The highest BCUT2D eigenvalue weighted by atomic mass is 16.5. The van der Waals surface area contributed by atoms with E-state index in [0.717, 1.165) is 19.6 Å². The van der Waals surface area contributed by atoms with Gasteiger partial charge in [0.15, 0.2) is 0 Å². The molecule has 4 atom stereocenters. The quantitative estimate of drug-likeness (QED) is 0.817. The Morgan fingerprint density at radius 3 is 2.50 bits per heavy atom. The summed E-state index contributed by atoms with van der Waals surface area (Å²) in [6.07, 6.45) is 6.91. The first-order valence-corrected chi connectivity index (χ1v) is 7.60. The number of hydrogen-bond donors (Lipinski definition) is 1. The number of hydrogen-bond acceptors (Lipinski definition) is 3. The Labute approximate surface area is 110 Å². The van der Waals surface area contributed by atoms with Crippen molar-refractivity contribution in [2.45, 2.75) is 64.3 Å². The lowest BCUT2D eigenvalue weighted by atomic mass is 9.69. The van der Waals surface area contributed by atoms with Crippen LogP contribution in [0.15, 0.2) is 0 Å². The Morgan fingerprint density at radius 2 is 1.83 bits per heavy atom. The summed E-state index contributed by atoms with van der Waals surface area (Å²) >= 11 is 0. The third-order valence-corrected chi connectivity index (χ3v) is 5.26. The van der Waals surface area contributed by atoms with Gasteiger partial charge in [-0.15, -0.1) is 0 Å². The van der Waals surface area contributed by atoms with Gasteiger partial charge in [-0.05, 0) is 37.0 Å². The van der Waals surface area contributed by atoms with Gasteiger partial charge in [-0.1, -0.05) is 20.3 Å². The maximum atomic E-state index is 10.5. The van der Waals surface area contributed by atoms with Crippen LogP contribution >= 0.6 is 0 Å². The number of nitrogens with zero attached hydrogens (tertiary/aromatic N) is 1. The Hall–Kier alpha value is -0.120. The fourth-order valence-corrected chi connectivity index (χ4v) is 4.13. The molecule has 4 unspecified atom stereocenters. The molecule has 1 N–H and O–H groups in total. The van der Waals surface area contributed by atoms with Gasteiger partial charge in [0.05, 0.1) is 18.3 Å². The molecule has 0 aromatic rings. The first kappa shape index (κ1) is 12.9. The molecule has 3 heteroatoms. The number of morpholine rings is 1. The summed E-state index contributed by atoms with van der Waals surface area (Å²) in [6.45, 7) is 7.67. The van der Waals surface area contributed by atoms with Crippen molar-refractivity contribution in [3.8, 4) is 0 Å². The van der Waals surface area contributed by atoms with Crippen LogP contribution in [0, 0.1) is 11.3 Å². The normalized spacial score (nSPS) is 44.2. The average Bonchev–Trinajstić information content (AvgIpc) is 2.65. The van der Waals surface area contributed by atoms with Crippen LogP contribution in [0.5, 0.6) is 0 Å². The van der Waals surface area contributed by atoms with Gasteiger partial charge in [0, 0.05) is 19.6 Å². The van der Waals surface area contributed by atoms with Gasteiger partial charge in [-0.2, -0.15) is 0 Å².